The Morgan fingerprint density at radius 3 is 1.61 bits per heavy atom. The Morgan fingerprint density at radius 1 is 0.706 bits per heavy atom. The first kappa shape index (κ1) is 39.6. The fourth-order valence-corrected chi connectivity index (χ4v) is 6.23. The lowest BCUT2D eigenvalue weighted by atomic mass is 9.67. The molecular formula is C35H33F5O9P2. The Bertz CT molecular complexity index is 1960. The van der Waals surface area contributed by atoms with Gasteiger partial charge in [-0.1, -0.05) is 48.5 Å². The molecular weight excluding hydrogens is 721 g/mol. The van der Waals surface area contributed by atoms with Crippen molar-refractivity contribution in [2.75, 3.05) is 0 Å². The zero-order valence-corrected chi connectivity index (χ0v) is 29.1. The highest BCUT2D eigenvalue weighted by Crippen LogP contribution is 2.59. The first-order valence-corrected chi connectivity index (χ1v) is 18.4. The number of hydrogen-bond acceptors (Lipinski definition) is 6. The van der Waals surface area contributed by atoms with Gasteiger partial charge in [-0.15, -0.1) is 0 Å². The molecule has 0 heterocycles. The highest BCUT2D eigenvalue weighted by atomic mass is 31.2. The van der Waals surface area contributed by atoms with Crippen LogP contribution in [0.3, 0.4) is 0 Å². The number of carbonyl (C=O) groups excluding carboxylic acids is 2. The van der Waals surface area contributed by atoms with Crippen molar-refractivity contribution in [3.8, 4) is 5.75 Å². The fourth-order valence-electron chi connectivity index (χ4n) is 5.25. The third kappa shape index (κ3) is 9.38. The highest BCUT2D eigenvalue weighted by molar-refractivity contribution is 7.53. The van der Waals surface area contributed by atoms with E-state index >= 15 is 0 Å². The van der Waals surface area contributed by atoms with Crippen molar-refractivity contribution in [3.05, 3.63) is 136 Å². The zero-order chi connectivity index (χ0) is 38.0. The number of hydrogen-bond donors (Lipinski definition) is 3. The van der Waals surface area contributed by atoms with Crippen LogP contribution in [0.2, 0.25) is 0 Å². The van der Waals surface area contributed by atoms with Gasteiger partial charge in [0.25, 0.3) is 0 Å². The zero-order valence-electron chi connectivity index (χ0n) is 27.3. The van der Waals surface area contributed by atoms with E-state index in [0.29, 0.717) is 11.1 Å². The maximum absolute atomic E-state index is 14.7. The van der Waals surface area contributed by atoms with Crippen LogP contribution in [0.25, 0.3) is 0 Å². The maximum Gasteiger partial charge on any atom is 0.442 e. The van der Waals surface area contributed by atoms with Gasteiger partial charge in [0.15, 0.2) is 5.78 Å². The first-order chi connectivity index (χ1) is 23.5. The molecule has 0 aliphatic rings. The van der Waals surface area contributed by atoms with Crippen LogP contribution in [0.15, 0.2) is 97.1 Å². The van der Waals surface area contributed by atoms with E-state index in [1.165, 1.54) is 60.7 Å². The predicted molar refractivity (Wildman–Crippen MR) is 177 cm³/mol. The van der Waals surface area contributed by atoms with E-state index in [4.69, 9.17) is 4.74 Å². The van der Waals surface area contributed by atoms with E-state index < -0.39 is 61.2 Å². The summed E-state index contributed by atoms with van der Waals surface area (Å²) in [6.45, 7) is 5.03. The van der Waals surface area contributed by atoms with Gasteiger partial charge in [-0.3, -0.25) is 9.36 Å². The van der Waals surface area contributed by atoms with Crippen molar-refractivity contribution in [2.45, 2.75) is 56.5 Å². The molecule has 9 nitrogen and oxygen atoms in total. The van der Waals surface area contributed by atoms with Crippen LogP contribution in [0.4, 0.5) is 22.0 Å². The third-order valence-corrected chi connectivity index (χ3v) is 9.65. The Morgan fingerprint density at radius 2 is 1.16 bits per heavy atom. The number of halogens is 5. The number of carbonyl (C=O) groups is 2. The number of benzene rings is 4. The molecule has 0 saturated carbocycles. The molecule has 16 heteroatoms. The van der Waals surface area contributed by atoms with Crippen molar-refractivity contribution in [1.29, 1.82) is 0 Å². The summed E-state index contributed by atoms with van der Waals surface area (Å²) in [4.78, 5) is 55.3. The van der Waals surface area contributed by atoms with Crippen LogP contribution >= 0.6 is 15.2 Å². The van der Waals surface area contributed by atoms with E-state index in [0.717, 1.165) is 36.4 Å². The molecule has 51 heavy (non-hydrogen) atoms. The topological polar surface area (TPSA) is 147 Å². The second kappa shape index (κ2) is 14.8. The Kier molecular flexibility index (Phi) is 11.5. The molecule has 0 saturated heterocycles. The summed E-state index contributed by atoms with van der Waals surface area (Å²) in [5.41, 5.74) is -6.88. The third-order valence-electron chi connectivity index (χ3n) is 7.70. The monoisotopic (exact) mass is 754 g/mol. The average molecular weight is 755 g/mol. The molecule has 4 aromatic carbocycles. The number of rotatable bonds is 13. The molecule has 4 rings (SSSR count). The minimum absolute atomic E-state index is 0.0374. The molecule has 4 aromatic rings. The van der Waals surface area contributed by atoms with Crippen molar-refractivity contribution < 1.29 is 64.6 Å². The molecule has 0 radical (unpaired) electrons. The lowest BCUT2D eigenvalue weighted by molar-refractivity contribution is 0.00692. The van der Waals surface area contributed by atoms with Crippen molar-refractivity contribution in [1.82, 2.24) is 0 Å². The Labute approximate surface area is 289 Å². The van der Waals surface area contributed by atoms with Crippen molar-refractivity contribution in [2.24, 2.45) is 0 Å². The molecule has 0 aromatic heterocycles. The molecule has 272 valence electrons. The summed E-state index contributed by atoms with van der Waals surface area (Å²) in [6.07, 6.45) is -4.11. The van der Waals surface area contributed by atoms with E-state index in [2.05, 4.69) is 4.52 Å². The average Bonchev–Trinajstić information content (AvgIpc) is 3.04. The predicted octanol–water partition coefficient (Wildman–Crippen LogP) is 8.40. The fraction of sp³-hybridized carbons (Fsp3) is 0.257. The van der Waals surface area contributed by atoms with Crippen LogP contribution in [-0.4, -0.2) is 38.2 Å². The van der Waals surface area contributed by atoms with Gasteiger partial charge in [-0.2, -0.15) is 17.6 Å². The number of ketones is 1. The summed E-state index contributed by atoms with van der Waals surface area (Å²) in [6, 6.07) is 19.4. The molecule has 2 atom stereocenters. The van der Waals surface area contributed by atoms with Gasteiger partial charge in [0, 0.05) is 11.1 Å². The molecule has 0 aliphatic heterocycles. The summed E-state index contributed by atoms with van der Waals surface area (Å²) >= 11 is 0. The van der Waals surface area contributed by atoms with Crippen LogP contribution in [0.5, 0.6) is 5.75 Å². The largest absolute Gasteiger partial charge is 0.456 e. The number of alkyl halides is 4. The molecule has 2 unspecified atom stereocenters. The SMILES string of the molecule is CC(C)(C)OC(=O)c1ccc(C(Cc2ccc(OP(=O)(O)C(F)F)cc2)(Cc2ccc(C(F)(F)P(=O)(O)O)cc2)C(=O)c2ccc(F)cc2)cc1. The quantitative estimate of drug-likeness (QED) is 0.0530. The van der Waals surface area contributed by atoms with E-state index in [1.807, 2.05) is 0 Å². The van der Waals surface area contributed by atoms with Crippen LogP contribution in [0, 0.1) is 5.82 Å². The second-order valence-electron chi connectivity index (χ2n) is 12.7. The molecule has 0 amide bonds. The molecule has 0 fully saturated rings. The van der Waals surface area contributed by atoms with Gasteiger partial charge in [0.05, 0.1) is 11.0 Å². The maximum atomic E-state index is 14.7. The minimum atomic E-state index is -5.89. The lowest BCUT2D eigenvalue weighted by Gasteiger charge is -2.34. The number of ether oxygens (including phenoxy) is 1. The van der Waals surface area contributed by atoms with Gasteiger partial charge in [-0.05, 0) is 98.8 Å². The van der Waals surface area contributed by atoms with E-state index in [1.54, 1.807) is 20.8 Å². The lowest BCUT2D eigenvalue weighted by Crippen LogP contribution is -2.41. The van der Waals surface area contributed by atoms with Crippen LogP contribution in [-0.2, 0) is 37.8 Å². The summed E-state index contributed by atoms with van der Waals surface area (Å²) in [5.74, 6) is -2.26. The van der Waals surface area contributed by atoms with Gasteiger partial charge in [0.2, 0.25) is 0 Å². The Balaban J connectivity index is 1.89. The number of Topliss-reactive ketones (excluding diaryl/α,β-unsaturated/α-hetero) is 1. The molecule has 0 bridgehead atoms. The first-order valence-electron chi connectivity index (χ1n) is 15.1. The van der Waals surface area contributed by atoms with Crippen LogP contribution < -0.4 is 4.52 Å². The summed E-state index contributed by atoms with van der Waals surface area (Å²) < 4.78 is 102. The van der Waals surface area contributed by atoms with Gasteiger partial charge in [0.1, 0.15) is 17.2 Å². The van der Waals surface area contributed by atoms with Gasteiger partial charge in [-0.25, -0.2) is 13.8 Å². The number of esters is 1. The van der Waals surface area contributed by atoms with Crippen LogP contribution in [0.1, 0.15) is 63.7 Å². The van der Waals surface area contributed by atoms with Crippen molar-refractivity contribution in [3.63, 3.8) is 0 Å². The molecule has 3 N–H and O–H groups in total. The standard InChI is InChI=1S/C35H33F5O9P2/c1-33(2,3)48-31(42)25-8-14-26(15-9-25)34(30(41)24-10-16-28(36)17-11-24,20-22-4-12-27(13-5-22)35(39,40)51(45,46)47)21-23-6-18-29(19-7-23)49-50(43,44)32(37)38/h4-19,32H,20-21H2,1-3H3,(H,43,44)(H2,45,46,47). The second-order valence-corrected chi connectivity index (χ2v) is 16.1. The van der Waals surface area contributed by atoms with Gasteiger partial charge < -0.3 is 23.9 Å². The summed E-state index contributed by atoms with van der Waals surface area (Å²) in [5, 5.41) is 0. The molecule has 0 aliphatic carbocycles. The minimum Gasteiger partial charge on any atom is -0.456 e. The smallest absolute Gasteiger partial charge is 0.442 e. The molecule has 0 spiro atoms. The van der Waals surface area contributed by atoms with E-state index in [9.17, 15) is 55.4 Å². The van der Waals surface area contributed by atoms with E-state index in [-0.39, 0.29) is 35.3 Å². The summed E-state index contributed by atoms with van der Waals surface area (Å²) in [7, 11) is -11.2. The van der Waals surface area contributed by atoms with Gasteiger partial charge >= 0.3 is 33.0 Å². The Hall–Kier alpha value is -4.19. The van der Waals surface area contributed by atoms with Crippen molar-refractivity contribution >= 4 is 26.9 Å². The normalized spacial score (nSPS) is 14.7. The highest BCUT2D eigenvalue weighted by Gasteiger charge is 2.50.